The average Bonchev–Trinajstić information content (AvgIpc) is 2.98. The average molecular weight is 680 g/mol. The number of nitrogens with zero attached hydrogens (tertiary/aromatic N) is 3. The zero-order valence-corrected chi connectivity index (χ0v) is 25.2. The van der Waals surface area contributed by atoms with E-state index in [2.05, 4.69) is 41.8 Å². The maximum atomic E-state index is 6.01. The van der Waals surface area contributed by atoms with Crippen molar-refractivity contribution in [3.05, 3.63) is 64.7 Å². The van der Waals surface area contributed by atoms with Gasteiger partial charge in [-0.15, -0.1) is 0 Å². The Bertz CT molecular complexity index is 819. The number of hydrogen-bond acceptors (Lipinski definition) is 4. The standard InChI is InChI=1S/C14H10ClN4.C10H22.C2H6.U/c15-9-1-2-13(19-7-9)14-10-3-5-17-8-11(10)12(16)4-6-18-14;1-4-6-7-8-9-10(3)5-2;1-2;/h1,3-5,7-8H,6,16H2;10H,4-9H2,1-3H3;1-2H3;/q-1;;;. The summed E-state index contributed by atoms with van der Waals surface area (Å²) in [6.07, 6.45) is 15.4. The Morgan fingerprint density at radius 1 is 1.12 bits per heavy atom. The van der Waals surface area contributed by atoms with Crippen LogP contribution in [0.4, 0.5) is 0 Å². The molecule has 0 amide bonds. The zero-order chi connectivity index (χ0) is 23.1. The number of aliphatic imine (C=N–C) groups is 1. The van der Waals surface area contributed by atoms with Crippen LogP contribution in [0.25, 0.3) is 5.70 Å². The second kappa shape index (κ2) is 18.3. The Morgan fingerprint density at radius 2 is 1.88 bits per heavy atom. The van der Waals surface area contributed by atoms with Crippen molar-refractivity contribution < 1.29 is 31.1 Å². The molecule has 1 atom stereocenters. The first kappa shape index (κ1) is 30.9. The summed E-state index contributed by atoms with van der Waals surface area (Å²) in [6.45, 7) is 11.4. The molecule has 0 bridgehead atoms. The van der Waals surface area contributed by atoms with E-state index in [1.165, 1.54) is 38.5 Å². The minimum Gasteiger partial charge on any atom is -0.398 e. The summed E-state index contributed by atoms with van der Waals surface area (Å²) in [6, 6.07) is 6.59. The minimum atomic E-state index is 0. The molecule has 3 rings (SSSR count). The van der Waals surface area contributed by atoms with Gasteiger partial charge in [0, 0.05) is 61.3 Å². The number of aromatic nitrogens is 2. The minimum absolute atomic E-state index is 0. The van der Waals surface area contributed by atoms with E-state index in [0.29, 0.717) is 23.0 Å². The first-order chi connectivity index (χ1) is 15.1. The fraction of sp³-hybridized carbons (Fsp3) is 0.500. The number of fused-ring (bicyclic) bond motifs is 1. The van der Waals surface area contributed by atoms with E-state index in [1.807, 2.05) is 26.0 Å². The van der Waals surface area contributed by atoms with Gasteiger partial charge in [-0.2, -0.15) is 23.7 Å². The smallest absolute Gasteiger partial charge is 0.0460 e. The van der Waals surface area contributed by atoms with E-state index in [9.17, 15) is 0 Å². The molecule has 4 nitrogen and oxygen atoms in total. The van der Waals surface area contributed by atoms with Crippen LogP contribution in [0.1, 0.15) is 90.0 Å². The molecule has 1 aliphatic rings. The fourth-order valence-electron chi connectivity index (χ4n) is 3.06. The number of unbranched alkanes of at least 4 members (excludes halogenated alkanes) is 3. The number of halogens is 1. The van der Waals surface area contributed by atoms with Crippen LogP contribution in [-0.2, 0) is 0 Å². The summed E-state index contributed by atoms with van der Waals surface area (Å²) in [5.74, 6) is 0.955. The van der Waals surface area contributed by atoms with E-state index >= 15 is 0 Å². The van der Waals surface area contributed by atoms with Crippen LogP contribution in [0.5, 0.6) is 0 Å². The quantitative estimate of drug-likeness (QED) is 0.251. The third kappa shape index (κ3) is 10.6. The van der Waals surface area contributed by atoms with Gasteiger partial charge in [0.2, 0.25) is 0 Å². The summed E-state index contributed by atoms with van der Waals surface area (Å²) in [7, 11) is 0. The molecule has 174 valence electrons. The third-order valence-electron chi connectivity index (χ3n) is 5.08. The Morgan fingerprint density at radius 3 is 2.50 bits per heavy atom. The second-order valence-electron chi connectivity index (χ2n) is 7.41. The molecule has 0 spiro atoms. The summed E-state index contributed by atoms with van der Waals surface area (Å²) < 4.78 is 0. The van der Waals surface area contributed by atoms with Gasteiger partial charge in [0.05, 0.1) is 0 Å². The van der Waals surface area contributed by atoms with Crippen molar-refractivity contribution in [3.8, 4) is 0 Å². The number of hydrogen-bond donors (Lipinski definition) is 1. The maximum Gasteiger partial charge on any atom is 0.0460 e. The molecule has 0 aliphatic carbocycles. The van der Waals surface area contributed by atoms with Crippen molar-refractivity contribution in [2.45, 2.75) is 73.1 Å². The van der Waals surface area contributed by atoms with Crippen molar-refractivity contribution in [2.24, 2.45) is 16.6 Å². The number of nitrogens with two attached hydrogens (primary N) is 1. The monoisotopic (exact) mass is 679 g/mol. The van der Waals surface area contributed by atoms with E-state index < -0.39 is 0 Å². The molecule has 6 heteroatoms. The summed E-state index contributed by atoms with van der Waals surface area (Å²) >= 11 is 5.83. The number of rotatable bonds is 7. The van der Waals surface area contributed by atoms with Gasteiger partial charge < -0.3 is 10.7 Å². The zero-order valence-electron chi connectivity index (χ0n) is 20.3. The van der Waals surface area contributed by atoms with Gasteiger partial charge in [-0.05, 0) is 46.2 Å². The van der Waals surface area contributed by atoms with Crippen LogP contribution >= 0.6 is 11.6 Å². The molecule has 2 aromatic heterocycles. The van der Waals surface area contributed by atoms with Crippen LogP contribution in [0.15, 0.2) is 41.8 Å². The Balaban J connectivity index is 0.000000638. The predicted molar refractivity (Wildman–Crippen MR) is 135 cm³/mol. The van der Waals surface area contributed by atoms with Crippen LogP contribution in [-0.4, -0.2) is 22.2 Å². The van der Waals surface area contributed by atoms with Crippen molar-refractivity contribution >= 4 is 23.0 Å². The van der Waals surface area contributed by atoms with E-state index in [0.717, 1.165) is 22.8 Å². The van der Waals surface area contributed by atoms with E-state index in [-0.39, 0.29) is 31.1 Å². The van der Waals surface area contributed by atoms with Crippen molar-refractivity contribution in [3.63, 3.8) is 0 Å². The molecule has 1 aliphatic heterocycles. The second-order valence-corrected chi connectivity index (χ2v) is 7.85. The summed E-state index contributed by atoms with van der Waals surface area (Å²) in [5, 5.41) is 0.547. The van der Waals surface area contributed by atoms with Gasteiger partial charge in [-0.25, -0.2) is 0 Å². The Hall–Kier alpha value is -1.15. The largest absolute Gasteiger partial charge is 0.398 e. The molecule has 0 aromatic carbocycles. The van der Waals surface area contributed by atoms with Crippen molar-refractivity contribution in [1.29, 1.82) is 0 Å². The normalized spacial score (nSPS) is 12.8. The van der Waals surface area contributed by atoms with Gasteiger partial charge in [-0.3, -0.25) is 9.97 Å². The molecule has 0 saturated carbocycles. The van der Waals surface area contributed by atoms with Crippen molar-refractivity contribution in [2.75, 3.05) is 6.54 Å². The van der Waals surface area contributed by atoms with Crippen LogP contribution in [0.3, 0.4) is 0 Å². The van der Waals surface area contributed by atoms with Gasteiger partial charge >= 0.3 is 0 Å². The first-order valence-corrected chi connectivity index (χ1v) is 11.9. The summed E-state index contributed by atoms with van der Waals surface area (Å²) in [4.78, 5) is 12.9. The van der Waals surface area contributed by atoms with Crippen molar-refractivity contribution in [1.82, 2.24) is 9.97 Å². The molecule has 0 radical (unpaired) electrons. The van der Waals surface area contributed by atoms with Gasteiger partial charge in [0.1, 0.15) is 0 Å². The Labute approximate surface area is 224 Å². The van der Waals surface area contributed by atoms with Gasteiger partial charge in [0.15, 0.2) is 0 Å². The molecule has 32 heavy (non-hydrogen) atoms. The SMILES string of the molecule is CC.CCCCCCC(C)CC.NC1=CCN=C(c2[c-]cc(Cl)cn2)c2ccncc21.[U]. The van der Waals surface area contributed by atoms with Crippen LogP contribution in [0.2, 0.25) is 5.02 Å². The van der Waals surface area contributed by atoms with E-state index in [4.69, 9.17) is 17.3 Å². The van der Waals surface area contributed by atoms with Gasteiger partial charge in [-0.1, -0.05) is 73.1 Å². The molecule has 3 heterocycles. The third-order valence-corrected chi connectivity index (χ3v) is 5.29. The first-order valence-electron chi connectivity index (χ1n) is 11.5. The fourth-order valence-corrected chi connectivity index (χ4v) is 3.16. The molecule has 1 unspecified atom stereocenters. The molecule has 2 N–H and O–H groups in total. The molecule has 2 aromatic rings. The Kier molecular flexibility index (Phi) is 17.6. The molecular formula is C26H38ClN4U-. The van der Waals surface area contributed by atoms with Crippen LogP contribution in [0, 0.1) is 43.1 Å². The topological polar surface area (TPSA) is 64.2 Å². The molecule has 0 fully saturated rings. The van der Waals surface area contributed by atoms with E-state index in [1.54, 1.807) is 24.7 Å². The molecular weight excluding hydrogens is 642 g/mol. The van der Waals surface area contributed by atoms with Gasteiger partial charge in [0.25, 0.3) is 0 Å². The predicted octanol–water partition coefficient (Wildman–Crippen LogP) is 7.11. The summed E-state index contributed by atoms with van der Waals surface area (Å²) in [5.41, 5.74) is 9.87. The number of pyridine rings is 2. The molecule has 0 saturated heterocycles. The maximum absolute atomic E-state index is 6.01. The van der Waals surface area contributed by atoms with Crippen LogP contribution < -0.4 is 5.73 Å².